The fourth-order valence-electron chi connectivity index (χ4n) is 3.41. The van der Waals surface area contributed by atoms with Crippen molar-refractivity contribution in [2.24, 2.45) is 5.92 Å². The van der Waals surface area contributed by atoms with E-state index in [0.717, 1.165) is 25.2 Å². The number of carbonyl (C=O) groups excluding carboxylic acids is 1. The fourth-order valence-corrected chi connectivity index (χ4v) is 3.41. The molecule has 0 N–H and O–H groups in total. The number of nitrogens with zero attached hydrogens (tertiary/aromatic N) is 4. The van der Waals surface area contributed by atoms with E-state index in [0.29, 0.717) is 24.3 Å². The predicted molar refractivity (Wildman–Crippen MR) is 88.5 cm³/mol. The Morgan fingerprint density at radius 2 is 2.04 bits per heavy atom. The van der Waals surface area contributed by atoms with E-state index in [9.17, 15) is 4.79 Å². The van der Waals surface area contributed by atoms with Crippen LogP contribution < -0.4 is 4.90 Å². The van der Waals surface area contributed by atoms with E-state index in [-0.39, 0.29) is 12.2 Å². The Balaban J connectivity index is 1.61. The number of carbonyl (C=O) groups is 1. The quantitative estimate of drug-likeness (QED) is 0.853. The number of aromatic nitrogens is 2. The first-order valence-corrected chi connectivity index (χ1v) is 8.56. The van der Waals surface area contributed by atoms with E-state index in [1.54, 1.807) is 11.2 Å². The summed E-state index contributed by atoms with van der Waals surface area (Å²) in [4.78, 5) is 24.6. The molecule has 0 spiro atoms. The largest absolute Gasteiger partial charge is 0.444 e. The van der Waals surface area contributed by atoms with E-state index in [2.05, 4.69) is 28.7 Å². The molecule has 6 heteroatoms. The molecule has 1 aromatic heterocycles. The van der Waals surface area contributed by atoms with Crippen LogP contribution in [0.3, 0.4) is 0 Å². The second kappa shape index (κ2) is 6.83. The van der Waals surface area contributed by atoms with Crippen molar-refractivity contribution in [2.45, 2.75) is 52.2 Å². The number of likely N-dealkylation sites (tertiary alicyclic amines) is 1. The van der Waals surface area contributed by atoms with Crippen LogP contribution in [0.2, 0.25) is 0 Å². The normalized spacial score (nSPS) is 23.6. The summed E-state index contributed by atoms with van der Waals surface area (Å²) in [5.74, 6) is 1.32. The van der Waals surface area contributed by atoms with Crippen molar-refractivity contribution in [3.63, 3.8) is 0 Å². The van der Waals surface area contributed by atoms with Gasteiger partial charge in [-0.1, -0.05) is 0 Å². The first kappa shape index (κ1) is 16.2. The first-order chi connectivity index (χ1) is 11.0. The van der Waals surface area contributed by atoms with Gasteiger partial charge in [-0.2, -0.15) is 0 Å². The number of anilines is 1. The first-order valence-electron chi connectivity index (χ1n) is 8.56. The van der Waals surface area contributed by atoms with Crippen LogP contribution in [0.5, 0.6) is 0 Å². The number of amides is 1. The van der Waals surface area contributed by atoms with Crippen molar-refractivity contribution < 1.29 is 9.53 Å². The van der Waals surface area contributed by atoms with Gasteiger partial charge in [-0.05, 0) is 59.0 Å². The molecule has 0 saturated carbocycles. The smallest absolute Gasteiger partial charge is 0.415 e. The molecule has 0 aliphatic carbocycles. The summed E-state index contributed by atoms with van der Waals surface area (Å²) < 4.78 is 5.17. The molecule has 0 bridgehead atoms. The van der Waals surface area contributed by atoms with E-state index < -0.39 is 0 Å². The highest BCUT2D eigenvalue weighted by Gasteiger charge is 2.30. The zero-order valence-corrected chi connectivity index (χ0v) is 14.2. The van der Waals surface area contributed by atoms with Gasteiger partial charge >= 0.3 is 6.09 Å². The predicted octanol–water partition coefficient (Wildman–Crippen LogP) is 2.48. The van der Waals surface area contributed by atoms with E-state index in [1.165, 1.54) is 12.8 Å². The lowest BCUT2D eigenvalue weighted by atomic mass is 9.91. The molecule has 23 heavy (non-hydrogen) atoms. The molecule has 1 unspecified atom stereocenters. The standard InChI is InChI=1S/C17H26N4O2/c1-12(2)20-6-4-14(5-7-20)8-15-9-16(19-11-18-15)21-10-13(3)23-17(21)22/h9,11-14H,4-8,10H2,1-3H3. The molecule has 1 aromatic rings. The third-order valence-electron chi connectivity index (χ3n) is 4.83. The number of hydrogen-bond acceptors (Lipinski definition) is 5. The summed E-state index contributed by atoms with van der Waals surface area (Å²) in [6, 6.07) is 2.57. The molecule has 2 aliphatic heterocycles. The summed E-state index contributed by atoms with van der Waals surface area (Å²) in [7, 11) is 0. The second-order valence-corrected chi connectivity index (χ2v) is 6.95. The molecule has 3 rings (SSSR count). The molecule has 1 atom stereocenters. The Kier molecular flexibility index (Phi) is 4.80. The van der Waals surface area contributed by atoms with Gasteiger partial charge in [0.15, 0.2) is 0 Å². The maximum atomic E-state index is 11.8. The van der Waals surface area contributed by atoms with Gasteiger partial charge in [0, 0.05) is 17.8 Å². The zero-order valence-electron chi connectivity index (χ0n) is 14.2. The maximum absolute atomic E-state index is 11.8. The van der Waals surface area contributed by atoms with Gasteiger partial charge in [0.2, 0.25) is 0 Å². The van der Waals surface area contributed by atoms with Crippen LogP contribution in [0.4, 0.5) is 10.6 Å². The zero-order chi connectivity index (χ0) is 16.4. The maximum Gasteiger partial charge on any atom is 0.415 e. The van der Waals surface area contributed by atoms with Crippen LogP contribution in [0.15, 0.2) is 12.4 Å². The highest BCUT2D eigenvalue weighted by Crippen LogP contribution is 2.24. The lowest BCUT2D eigenvalue weighted by molar-refractivity contribution is 0.149. The number of rotatable bonds is 4. The molecule has 1 amide bonds. The van der Waals surface area contributed by atoms with Crippen molar-refractivity contribution in [2.75, 3.05) is 24.5 Å². The van der Waals surface area contributed by atoms with Crippen LogP contribution in [0.25, 0.3) is 0 Å². The lowest BCUT2D eigenvalue weighted by Gasteiger charge is -2.34. The topological polar surface area (TPSA) is 58.6 Å². The van der Waals surface area contributed by atoms with E-state index in [1.807, 2.05) is 13.0 Å². The Labute approximate surface area is 137 Å². The summed E-state index contributed by atoms with van der Waals surface area (Å²) in [6.45, 7) is 9.29. The van der Waals surface area contributed by atoms with Crippen molar-refractivity contribution in [1.82, 2.24) is 14.9 Å². The van der Waals surface area contributed by atoms with Crippen molar-refractivity contribution >= 4 is 11.9 Å². The van der Waals surface area contributed by atoms with Crippen molar-refractivity contribution in [3.8, 4) is 0 Å². The highest BCUT2D eigenvalue weighted by atomic mass is 16.6. The van der Waals surface area contributed by atoms with E-state index in [4.69, 9.17) is 4.74 Å². The van der Waals surface area contributed by atoms with E-state index >= 15 is 0 Å². The molecule has 0 radical (unpaired) electrons. The SMILES string of the molecule is CC1CN(c2cc(CC3CCN(C(C)C)CC3)ncn2)C(=O)O1. The number of hydrogen-bond donors (Lipinski definition) is 0. The van der Waals surface area contributed by atoms with Crippen molar-refractivity contribution in [3.05, 3.63) is 18.1 Å². The second-order valence-electron chi connectivity index (χ2n) is 6.95. The molecule has 126 valence electrons. The number of ether oxygens (including phenoxy) is 1. The van der Waals surface area contributed by atoms with Crippen LogP contribution in [-0.2, 0) is 11.2 Å². The highest BCUT2D eigenvalue weighted by molar-refractivity contribution is 5.88. The van der Waals surface area contributed by atoms with Gasteiger partial charge in [-0.25, -0.2) is 14.8 Å². The Bertz CT molecular complexity index is 555. The van der Waals surface area contributed by atoms with Gasteiger partial charge in [-0.3, -0.25) is 4.90 Å². The Morgan fingerprint density at radius 1 is 1.30 bits per heavy atom. The summed E-state index contributed by atoms with van der Waals surface area (Å²) in [5, 5.41) is 0. The third-order valence-corrected chi connectivity index (χ3v) is 4.83. The minimum Gasteiger partial charge on any atom is -0.444 e. The van der Waals surface area contributed by atoms with Gasteiger partial charge in [0.05, 0.1) is 6.54 Å². The molecular formula is C17H26N4O2. The third kappa shape index (κ3) is 3.80. The molecule has 2 saturated heterocycles. The minimum absolute atomic E-state index is 0.0822. The molecular weight excluding hydrogens is 292 g/mol. The number of piperidine rings is 1. The van der Waals surface area contributed by atoms with Crippen LogP contribution in [-0.4, -0.2) is 52.7 Å². The van der Waals surface area contributed by atoms with Crippen LogP contribution in [0, 0.1) is 5.92 Å². The van der Waals surface area contributed by atoms with Crippen molar-refractivity contribution in [1.29, 1.82) is 0 Å². The van der Waals surface area contributed by atoms with Gasteiger partial charge < -0.3 is 9.64 Å². The monoisotopic (exact) mass is 318 g/mol. The molecule has 3 heterocycles. The molecule has 2 fully saturated rings. The molecule has 0 aromatic carbocycles. The Hall–Kier alpha value is -1.69. The number of cyclic esters (lactones) is 1. The summed E-state index contributed by atoms with van der Waals surface area (Å²) >= 11 is 0. The Morgan fingerprint density at radius 3 is 2.65 bits per heavy atom. The summed E-state index contributed by atoms with van der Waals surface area (Å²) in [5.41, 5.74) is 1.02. The summed E-state index contributed by atoms with van der Waals surface area (Å²) in [6.07, 6.45) is 4.54. The molecule has 6 nitrogen and oxygen atoms in total. The molecule has 2 aliphatic rings. The average molecular weight is 318 g/mol. The lowest BCUT2D eigenvalue weighted by Crippen LogP contribution is -2.38. The van der Waals surface area contributed by atoms with Crippen LogP contribution in [0.1, 0.15) is 39.3 Å². The van der Waals surface area contributed by atoms with Gasteiger partial charge in [0.1, 0.15) is 18.2 Å². The average Bonchev–Trinajstić information content (AvgIpc) is 2.87. The van der Waals surface area contributed by atoms with Gasteiger partial charge in [-0.15, -0.1) is 0 Å². The van der Waals surface area contributed by atoms with Gasteiger partial charge in [0.25, 0.3) is 0 Å². The minimum atomic E-state index is -0.313. The van der Waals surface area contributed by atoms with Crippen LogP contribution >= 0.6 is 0 Å². The fraction of sp³-hybridized carbons (Fsp3) is 0.706.